The van der Waals surface area contributed by atoms with E-state index in [2.05, 4.69) is 34.5 Å². The third-order valence-corrected chi connectivity index (χ3v) is 2.25. The van der Waals surface area contributed by atoms with Gasteiger partial charge in [-0.15, -0.1) is 0 Å². The highest BCUT2D eigenvalue weighted by atomic mass is 79.9. The fourth-order valence-corrected chi connectivity index (χ4v) is 0.330. The zero-order valence-electron chi connectivity index (χ0n) is 9.20. The average molecular weight is 281 g/mol. The van der Waals surface area contributed by atoms with Crippen LogP contribution >= 0.6 is 15.9 Å². The Hall–Kier alpha value is -0.840. The molecule has 0 amide bonds. The normalized spacial score (nSPS) is 9.67. The molecule has 0 aliphatic rings. The van der Waals surface area contributed by atoms with Crippen molar-refractivity contribution in [1.82, 2.24) is 0 Å². The van der Waals surface area contributed by atoms with Gasteiger partial charge in [0.25, 0.3) is 0 Å². The molecule has 0 bridgehead atoms. The Morgan fingerprint density at radius 1 is 1.40 bits per heavy atom. The fourth-order valence-electron chi connectivity index (χ4n) is 0.330. The summed E-state index contributed by atoms with van der Waals surface area (Å²) in [5, 5.41) is 9.15. The number of aliphatic carboxylic acids is 1. The van der Waals surface area contributed by atoms with Gasteiger partial charge in [-0.1, -0.05) is 29.8 Å². The highest BCUT2D eigenvalue weighted by Crippen LogP contribution is 1.94. The second kappa shape index (κ2) is 11.2. The van der Waals surface area contributed by atoms with Crippen LogP contribution in [0.1, 0.15) is 20.8 Å². The third-order valence-electron chi connectivity index (χ3n) is 0.957. The summed E-state index contributed by atoms with van der Waals surface area (Å²) in [5.74, 6) is -0.993. The molecule has 0 saturated carbocycles. The van der Waals surface area contributed by atoms with Gasteiger partial charge >= 0.3 is 11.9 Å². The first-order chi connectivity index (χ1) is 6.93. The number of alkyl halides is 1. The van der Waals surface area contributed by atoms with Crippen LogP contribution in [0.15, 0.2) is 12.2 Å². The Bertz CT molecular complexity index is 211. The Morgan fingerprint density at radius 3 is 2.13 bits per heavy atom. The maximum absolute atomic E-state index is 10.4. The number of ether oxygens (including phenoxy) is 1. The van der Waals surface area contributed by atoms with E-state index in [1.807, 2.05) is 0 Å². The molecule has 0 atom stereocenters. The summed E-state index contributed by atoms with van der Waals surface area (Å²) >= 11 is 3.31. The molecule has 5 heteroatoms. The predicted molar refractivity (Wildman–Crippen MR) is 62.0 cm³/mol. The quantitative estimate of drug-likeness (QED) is 0.487. The molecule has 0 radical (unpaired) electrons. The van der Waals surface area contributed by atoms with Crippen LogP contribution < -0.4 is 0 Å². The molecule has 0 aromatic carbocycles. The van der Waals surface area contributed by atoms with Crippen molar-refractivity contribution in [3.8, 4) is 0 Å². The summed E-state index contributed by atoms with van der Waals surface area (Å²) < 4.78 is 4.40. The fraction of sp³-hybridized carbons (Fsp3) is 0.600. The molecule has 0 aliphatic carbocycles. The molecule has 88 valence electrons. The van der Waals surface area contributed by atoms with Gasteiger partial charge < -0.3 is 9.84 Å². The largest absolute Gasteiger partial charge is 0.478 e. The Kier molecular flexibility index (Phi) is 12.4. The number of carbonyl (C=O) groups is 2. The molecule has 0 spiro atoms. The summed E-state index contributed by atoms with van der Waals surface area (Å²) in [6, 6.07) is 0. The van der Waals surface area contributed by atoms with Crippen molar-refractivity contribution >= 4 is 27.9 Å². The second-order valence-corrected chi connectivity index (χ2v) is 3.62. The van der Waals surface area contributed by atoms with Crippen molar-refractivity contribution in [3.63, 3.8) is 0 Å². The minimum atomic E-state index is -1.16. The highest BCUT2D eigenvalue weighted by molar-refractivity contribution is 9.09. The molecule has 0 aromatic heterocycles. The van der Waals surface area contributed by atoms with Gasteiger partial charge in [-0.3, -0.25) is 0 Å². The molecule has 1 N–H and O–H groups in total. The molecule has 4 nitrogen and oxygen atoms in total. The molecular weight excluding hydrogens is 264 g/mol. The summed E-state index contributed by atoms with van der Waals surface area (Å²) in [6.07, 6.45) is 1.60. The van der Waals surface area contributed by atoms with Gasteiger partial charge in [-0.05, 0) is 12.8 Å². The van der Waals surface area contributed by atoms with Crippen molar-refractivity contribution in [1.29, 1.82) is 0 Å². The van der Waals surface area contributed by atoms with E-state index in [0.29, 0.717) is 0 Å². The maximum atomic E-state index is 10.4. The summed E-state index contributed by atoms with van der Waals surface area (Å²) in [5.41, 5.74) is 0. The van der Waals surface area contributed by atoms with Crippen molar-refractivity contribution in [2.24, 2.45) is 5.92 Å². The standard InChI is InChI=1S/C6H8O4.C4H9Br/c1-2-10-6(9)4-3-5(7)8;1-4(2)3-5/h3-4H,2H2,1H3,(H,7,8);4H,3H2,1-2H3/b4-3-;. The lowest BCUT2D eigenvalue weighted by Gasteiger charge is -1.92. The van der Waals surface area contributed by atoms with Gasteiger partial charge in [0.2, 0.25) is 0 Å². The molecule has 0 rings (SSSR count). The maximum Gasteiger partial charge on any atom is 0.330 e. The number of esters is 1. The first-order valence-electron chi connectivity index (χ1n) is 4.57. The van der Waals surface area contributed by atoms with E-state index in [9.17, 15) is 9.59 Å². The van der Waals surface area contributed by atoms with E-state index in [1.54, 1.807) is 6.92 Å². The summed E-state index contributed by atoms with van der Waals surface area (Å²) in [6.45, 7) is 6.25. The van der Waals surface area contributed by atoms with Gasteiger partial charge in [0.05, 0.1) is 6.61 Å². The van der Waals surface area contributed by atoms with E-state index in [-0.39, 0.29) is 6.61 Å². The summed E-state index contributed by atoms with van der Waals surface area (Å²) in [7, 11) is 0. The number of hydrogen-bond acceptors (Lipinski definition) is 3. The van der Waals surface area contributed by atoms with Gasteiger partial charge in [-0.25, -0.2) is 9.59 Å². The van der Waals surface area contributed by atoms with Crippen molar-refractivity contribution in [2.45, 2.75) is 20.8 Å². The molecule has 0 saturated heterocycles. The molecular formula is C10H17BrO4. The number of rotatable bonds is 4. The molecule has 0 fully saturated rings. The van der Waals surface area contributed by atoms with Gasteiger partial charge in [0.15, 0.2) is 0 Å². The third kappa shape index (κ3) is 19.5. The predicted octanol–water partition coefficient (Wildman–Crippen LogP) is 2.23. The minimum absolute atomic E-state index is 0.253. The van der Waals surface area contributed by atoms with E-state index >= 15 is 0 Å². The number of carbonyl (C=O) groups excluding carboxylic acids is 1. The van der Waals surface area contributed by atoms with Crippen LogP contribution in [-0.2, 0) is 14.3 Å². The molecule has 0 aliphatic heterocycles. The van der Waals surface area contributed by atoms with Gasteiger partial charge in [-0.2, -0.15) is 0 Å². The zero-order chi connectivity index (χ0) is 12.3. The monoisotopic (exact) mass is 280 g/mol. The van der Waals surface area contributed by atoms with E-state index in [0.717, 1.165) is 23.4 Å². The van der Waals surface area contributed by atoms with Crippen LogP contribution in [0, 0.1) is 5.92 Å². The average Bonchev–Trinajstić information content (AvgIpc) is 2.16. The number of hydrogen-bond donors (Lipinski definition) is 1. The Labute approximate surface area is 98.4 Å². The van der Waals surface area contributed by atoms with E-state index in [1.165, 1.54) is 0 Å². The van der Waals surface area contributed by atoms with Crippen LogP contribution in [0.2, 0.25) is 0 Å². The molecule has 15 heavy (non-hydrogen) atoms. The number of carboxylic acid groups (broad SMARTS) is 1. The molecule has 0 aromatic rings. The molecule has 0 unspecified atom stereocenters. The van der Waals surface area contributed by atoms with Crippen LogP contribution in [0.4, 0.5) is 0 Å². The lowest BCUT2D eigenvalue weighted by Crippen LogP contribution is -2.00. The highest BCUT2D eigenvalue weighted by Gasteiger charge is 1.94. The Morgan fingerprint density at radius 2 is 1.87 bits per heavy atom. The topological polar surface area (TPSA) is 63.6 Å². The number of carboxylic acids is 1. The summed E-state index contributed by atoms with van der Waals surface area (Å²) in [4.78, 5) is 20.2. The molecule has 0 heterocycles. The van der Waals surface area contributed by atoms with E-state index in [4.69, 9.17) is 5.11 Å². The van der Waals surface area contributed by atoms with Crippen molar-refractivity contribution < 1.29 is 19.4 Å². The van der Waals surface area contributed by atoms with Crippen molar-refractivity contribution in [3.05, 3.63) is 12.2 Å². The van der Waals surface area contributed by atoms with Crippen LogP contribution in [0.25, 0.3) is 0 Å². The van der Waals surface area contributed by atoms with Crippen LogP contribution in [0.5, 0.6) is 0 Å². The smallest absolute Gasteiger partial charge is 0.330 e. The first kappa shape index (κ1) is 16.6. The first-order valence-corrected chi connectivity index (χ1v) is 5.69. The van der Waals surface area contributed by atoms with Crippen LogP contribution in [0.3, 0.4) is 0 Å². The minimum Gasteiger partial charge on any atom is -0.478 e. The van der Waals surface area contributed by atoms with E-state index < -0.39 is 11.9 Å². The zero-order valence-corrected chi connectivity index (χ0v) is 10.8. The SMILES string of the molecule is CC(C)CBr.CCOC(=O)/C=C\C(=O)O. The van der Waals surface area contributed by atoms with Gasteiger partial charge in [0, 0.05) is 17.5 Å². The Balaban J connectivity index is 0. The van der Waals surface area contributed by atoms with Crippen LogP contribution in [-0.4, -0.2) is 29.0 Å². The lowest BCUT2D eigenvalue weighted by molar-refractivity contribution is -0.138. The second-order valence-electron chi connectivity index (χ2n) is 2.97. The lowest BCUT2D eigenvalue weighted by atomic mass is 10.3. The van der Waals surface area contributed by atoms with Gasteiger partial charge in [0.1, 0.15) is 0 Å². The van der Waals surface area contributed by atoms with Crippen molar-refractivity contribution in [2.75, 3.05) is 11.9 Å². The number of halogens is 1.